The number of fused-ring (bicyclic) bond motifs is 1. The topological polar surface area (TPSA) is 216 Å². The van der Waals surface area contributed by atoms with Gasteiger partial charge in [-0.25, -0.2) is 0 Å². The number of aromatic hydroxyl groups is 1. The Bertz CT molecular complexity index is 2380. The average Bonchev–Trinajstić information content (AvgIpc) is 3.31. The summed E-state index contributed by atoms with van der Waals surface area (Å²) in [5.41, 5.74) is 2.26. The number of hydrogen-bond acceptors (Lipinski definition) is 14. The Hall–Kier alpha value is -4.51. The van der Waals surface area contributed by atoms with E-state index in [1.165, 1.54) is 20.1 Å². The van der Waals surface area contributed by atoms with Crippen LogP contribution in [0.3, 0.4) is 0 Å². The van der Waals surface area contributed by atoms with Gasteiger partial charge < -0.3 is 55.7 Å². The molecule has 0 radical (unpaired) electrons. The van der Waals surface area contributed by atoms with E-state index in [9.17, 15) is 29.7 Å². The SMILES string of the molecule is COc1c2c3c4c(c(CCCNCCOCCO)c(O)c5c(=O)cc(CO)c(c6c(CO)cc(NCCNCCOCCO)c(c1=O)c63)c54)C=C(C)C2C(C)=O. The maximum atomic E-state index is 14.8. The highest BCUT2D eigenvalue weighted by Crippen LogP contribution is 2.54. The number of phenolic OH excluding ortho intramolecular Hbond substituents is 1. The van der Waals surface area contributed by atoms with Gasteiger partial charge in [-0.3, -0.25) is 14.4 Å². The largest absolute Gasteiger partial charge is 0.507 e. The highest BCUT2D eigenvalue weighted by molar-refractivity contribution is 6.39. The van der Waals surface area contributed by atoms with E-state index in [-0.39, 0.29) is 60.0 Å². The lowest BCUT2D eigenvalue weighted by Crippen LogP contribution is -2.26. The van der Waals surface area contributed by atoms with Crippen LogP contribution < -0.4 is 31.5 Å². The molecule has 5 aromatic rings. The van der Waals surface area contributed by atoms with Crippen LogP contribution in [0.1, 0.15) is 54.0 Å². The zero-order valence-electron chi connectivity index (χ0n) is 32.1. The molecule has 300 valence electrons. The maximum Gasteiger partial charge on any atom is 0.230 e. The van der Waals surface area contributed by atoms with Gasteiger partial charge in [0.2, 0.25) is 5.43 Å². The standard InChI is InChI=1S/C42H51N3O11/c1-22-17-27-26(5-4-6-43-9-13-55-15-11-46)40(52)35-29(51)19-25(21-49)32-31-24(20-48)18-28(45-8-7-44-10-14-56-16-12-47)34-37(31)38(33(27)36(32)35)39(30(22)23(2)50)42(54-3)41(34)53/h17-19,30,43-49,52H,4-16,20-21H2,1-3H3. The number of carbonyl (C=O) groups is 1. The zero-order chi connectivity index (χ0) is 40.1. The van der Waals surface area contributed by atoms with E-state index in [1.54, 1.807) is 13.0 Å². The third kappa shape index (κ3) is 7.39. The van der Waals surface area contributed by atoms with Gasteiger partial charge in [0.15, 0.2) is 11.2 Å². The third-order valence-corrected chi connectivity index (χ3v) is 10.6. The number of aliphatic hydroxyl groups is 4. The molecule has 56 heavy (non-hydrogen) atoms. The molecule has 0 amide bonds. The minimum Gasteiger partial charge on any atom is -0.507 e. The third-order valence-electron chi connectivity index (χ3n) is 10.6. The Labute approximate surface area is 323 Å². The molecule has 1 aliphatic rings. The highest BCUT2D eigenvalue weighted by atomic mass is 16.5. The van der Waals surface area contributed by atoms with Crippen molar-refractivity contribution in [1.82, 2.24) is 10.6 Å². The molecule has 0 heterocycles. The lowest BCUT2D eigenvalue weighted by Gasteiger charge is -2.26. The fourth-order valence-corrected chi connectivity index (χ4v) is 8.45. The van der Waals surface area contributed by atoms with Gasteiger partial charge in [0.25, 0.3) is 0 Å². The van der Waals surface area contributed by atoms with Gasteiger partial charge in [-0.05, 0) is 83.6 Å². The van der Waals surface area contributed by atoms with E-state index in [2.05, 4.69) is 16.0 Å². The molecule has 0 aromatic heterocycles. The van der Waals surface area contributed by atoms with Gasteiger partial charge >= 0.3 is 0 Å². The van der Waals surface area contributed by atoms with Crippen LogP contribution in [-0.2, 0) is 33.9 Å². The van der Waals surface area contributed by atoms with Crippen LogP contribution in [0.15, 0.2) is 27.3 Å². The van der Waals surface area contributed by atoms with Crippen molar-refractivity contribution in [3.8, 4) is 11.5 Å². The van der Waals surface area contributed by atoms with Crippen LogP contribution in [0.25, 0.3) is 49.2 Å². The molecule has 0 bridgehead atoms. The number of phenols is 1. The highest BCUT2D eigenvalue weighted by Gasteiger charge is 2.36. The molecule has 6 rings (SSSR count). The zero-order valence-corrected chi connectivity index (χ0v) is 32.1. The van der Waals surface area contributed by atoms with Crippen molar-refractivity contribution in [1.29, 1.82) is 0 Å². The van der Waals surface area contributed by atoms with E-state index in [1.807, 2.05) is 6.08 Å². The summed E-state index contributed by atoms with van der Waals surface area (Å²) in [7, 11) is 1.39. The number of aliphatic hydroxyl groups excluding tert-OH is 4. The Morgan fingerprint density at radius 3 is 1.98 bits per heavy atom. The first-order chi connectivity index (χ1) is 27.2. The summed E-state index contributed by atoms with van der Waals surface area (Å²) in [5.74, 6) is -1.36. The first-order valence-electron chi connectivity index (χ1n) is 19.0. The van der Waals surface area contributed by atoms with Crippen molar-refractivity contribution in [2.45, 2.75) is 45.8 Å². The molecule has 1 unspecified atom stereocenters. The van der Waals surface area contributed by atoms with Crippen molar-refractivity contribution in [2.24, 2.45) is 0 Å². The van der Waals surface area contributed by atoms with Crippen LogP contribution in [0.4, 0.5) is 5.69 Å². The second kappa shape index (κ2) is 18.2. The van der Waals surface area contributed by atoms with Crippen LogP contribution in [0, 0.1) is 0 Å². The summed E-state index contributed by atoms with van der Waals surface area (Å²) in [5, 5.41) is 64.9. The molecule has 8 N–H and O–H groups in total. The normalized spacial score (nSPS) is 14.1. The molecule has 0 spiro atoms. The Morgan fingerprint density at radius 2 is 1.38 bits per heavy atom. The monoisotopic (exact) mass is 773 g/mol. The number of benzene rings is 5. The minimum absolute atomic E-state index is 0.0160. The van der Waals surface area contributed by atoms with E-state index >= 15 is 0 Å². The molecule has 0 saturated heterocycles. The van der Waals surface area contributed by atoms with Gasteiger partial charge in [-0.1, -0.05) is 11.6 Å². The number of rotatable bonds is 22. The molecule has 1 aliphatic carbocycles. The fraction of sp³-hybridized carbons (Fsp3) is 0.452. The Kier molecular flexibility index (Phi) is 13.3. The van der Waals surface area contributed by atoms with Crippen LogP contribution in [0.5, 0.6) is 11.5 Å². The van der Waals surface area contributed by atoms with Crippen molar-refractivity contribution in [3.05, 3.63) is 66.0 Å². The molecule has 1 atom stereocenters. The number of allylic oxidation sites excluding steroid dienone is 1. The van der Waals surface area contributed by atoms with Gasteiger partial charge in [0.1, 0.15) is 11.5 Å². The predicted molar refractivity (Wildman–Crippen MR) is 217 cm³/mol. The summed E-state index contributed by atoms with van der Waals surface area (Å²) in [4.78, 5) is 42.6. The van der Waals surface area contributed by atoms with Crippen molar-refractivity contribution in [2.75, 3.05) is 84.8 Å². The second-order valence-electron chi connectivity index (χ2n) is 14.1. The minimum atomic E-state index is -0.913. The number of methoxy groups -OCH3 is 1. The maximum absolute atomic E-state index is 14.8. The number of nitrogens with one attached hydrogen (secondary N) is 3. The lowest BCUT2D eigenvalue weighted by molar-refractivity contribution is -0.117. The molecule has 14 nitrogen and oxygen atoms in total. The first-order valence-corrected chi connectivity index (χ1v) is 19.0. The molecule has 0 fully saturated rings. The molecule has 14 heteroatoms. The number of ether oxygens (including phenoxy) is 3. The number of anilines is 1. The number of Topliss-reactive ketones (excluding diaryl/α,β-unsaturated/α-hetero) is 1. The van der Waals surface area contributed by atoms with E-state index in [4.69, 9.17) is 24.4 Å². The number of hydrogen-bond donors (Lipinski definition) is 8. The van der Waals surface area contributed by atoms with Gasteiger partial charge in [0, 0.05) is 53.8 Å². The number of carbonyl (C=O) groups excluding carboxylic acids is 1. The van der Waals surface area contributed by atoms with Crippen molar-refractivity contribution in [3.63, 3.8) is 0 Å². The predicted octanol–water partition coefficient (Wildman–Crippen LogP) is 2.23. The molecule has 5 aromatic carbocycles. The summed E-state index contributed by atoms with van der Waals surface area (Å²) >= 11 is 0. The Balaban J connectivity index is 1.67. The summed E-state index contributed by atoms with van der Waals surface area (Å²) < 4.78 is 16.6. The van der Waals surface area contributed by atoms with Crippen molar-refractivity contribution >= 4 is 60.6 Å². The van der Waals surface area contributed by atoms with Gasteiger partial charge in [-0.15, -0.1) is 0 Å². The summed E-state index contributed by atoms with van der Waals surface area (Å²) in [6.45, 7) is 5.99. The van der Waals surface area contributed by atoms with Gasteiger partial charge in [-0.2, -0.15) is 0 Å². The second-order valence-corrected chi connectivity index (χ2v) is 14.1. The molecule has 0 saturated carbocycles. The quantitative estimate of drug-likeness (QED) is 0.0288. The van der Waals surface area contributed by atoms with Crippen molar-refractivity contribution < 1.29 is 44.5 Å². The van der Waals surface area contributed by atoms with Crippen LogP contribution in [0.2, 0.25) is 0 Å². The van der Waals surface area contributed by atoms with E-state index in [0.29, 0.717) is 125 Å². The first kappa shape index (κ1) is 41.1. The summed E-state index contributed by atoms with van der Waals surface area (Å²) in [6.07, 6.45) is 2.78. The van der Waals surface area contributed by atoms with Gasteiger partial charge in [0.05, 0.1) is 76.7 Å². The average molecular weight is 774 g/mol. The van der Waals surface area contributed by atoms with Crippen LogP contribution >= 0.6 is 0 Å². The molecule has 0 aliphatic heterocycles. The molecular formula is C42H51N3O11. The fourth-order valence-electron chi connectivity index (χ4n) is 8.45. The van der Waals surface area contributed by atoms with E-state index < -0.39 is 30.0 Å². The lowest BCUT2D eigenvalue weighted by atomic mass is 9.78. The number of ketones is 1. The molecular weight excluding hydrogens is 722 g/mol. The van der Waals surface area contributed by atoms with Crippen LogP contribution in [-0.4, -0.2) is 111 Å². The smallest absolute Gasteiger partial charge is 0.230 e. The van der Waals surface area contributed by atoms with E-state index in [0.717, 1.165) is 0 Å². The summed E-state index contributed by atoms with van der Waals surface area (Å²) in [6, 6.07) is 3.00. The Morgan fingerprint density at radius 1 is 0.750 bits per heavy atom.